The normalized spacial score (nSPS) is 14.7. The second-order valence-corrected chi connectivity index (χ2v) is 11.1. The first kappa shape index (κ1) is 27.9. The van der Waals surface area contributed by atoms with Gasteiger partial charge in [-0.25, -0.2) is 9.79 Å². The number of aromatic nitrogens is 2. The van der Waals surface area contributed by atoms with Crippen molar-refractivity contribution >= 4 is 34.3 Å². The minimum atomic E-state index is -0.702. The monoisotopic (exact) mass is 588 g/mol. The second-order valence-electron chi connectivity index (χ2n) is 10.1. The largest absolute Gasteiger partial charge is 0.497 e. The summed E-state index contributed by atoms with van der Waals surface area (Å²) in [4.78, 5) is 32.5. The number of allylic oxidation sites excluding steroid dienone is 1. The first-order chi connectivity index (χ1) is 20.9. The van der Waals surface area contributed by atoms with E-state index in [1.165, 1.54) is 11.3 Å². The maximum atomic E-state index is 14.1. The molecule has 0 saturated heterocycles. The first-order valence-electron chi connectivity index (χ1n) is 13.8. The molecule has 0 bridgehead atoms. The Morgan fingerprint density at radius 2 is 1.84 bits per heavy atom. The Hall–Kier alpha value is -5.20. The fourth-order valence-electron chi connectivity index (χ4n) is 5.51. The van der Waals surface area contributed by atoms with Crippen molar-refractivity contribution in [3.05, 3.63) is 132 Å². The molecule has 0 saturated carbocycles. The zero-order valence-corrected chi connectivity index (χ0v) is 24.7. The predicted octanol–water partition coefficient (Wildman–Crippen LogP) is 4.68. The summed E-state index contributed by atoms with van der Waals surface area (Å²) in [5.41, 5.74) is 4.76. The van der Waals surface area contributed by atoms with Gasteiger partial charge in [-0.2, -0.15) is 5.26 Å². The third-order valence-corrected chi connectivity index (χ3v) is 8.52. The van der Waals surface area contributed by atoms with Crippen LogP contribution in [0.5, 0.6) is 5.75 Å². The number of hydrogen-bond donors (Lipinski definition) is 0. The van der Waals surface area contributed by atoms with Gasteiger partial charge in [0.05, 0.1) is 47.2 Å². The highest BCUT2D eigenvalue weighted by molar-refractivity contribution is 7.07. The lowest BCUT2D eigenvalue weighted by molar-refractivity contribution is -0.139. The van der Waals surface area contributed by atoms with Crippen molar-refractivity contribution in [2.75, 3.05) is 13.7 Å². The highest BCUT2D eigenvalue weighted by Crippen LogP contribution is 2.32. The standard InChI is InChI=1S/C34H28N4O4S/c1-4-42-33(40)30-21(2)36-34-38(31(30)22-13-15-26(41-3)16-14-22)32(39)29(43-34)17-25-20-37(28-12-8-7-11-27(25)28)19-24-10-6-5-9-23(24)18-35/h5-17,20,31H,4,19H2,1-3H3/b29-17-/t31-/m1/s1. The van der Waals surface area contributed by atoms with Crippen LogP contribution in [0.2, 0.25) is 0 Å². The highest BCUT2D eigenvalue weighted by Gasteiger charge is 2.33. The Morgan fingerprint density at radius 3 is 2.58 bits per heavy atom. The minimum absolute atomic E-state index is 0.207. The van der Waals surface area contributed by atoms with Crippen molar-refractivity contribution in [2.24, 2.45) is 4.99 Å². The van der Waals surface area contributed by atoms with Crippen molar-refractivity contribution in [3.8, 4) is 11.8 Å². The number of methoxy groups -OCH3 is 1. The summed E-state index contributed by atoms with van der Waals surface area (Å²) < 4.78 is 14.9. The third kappa shape index (κ3) is 5.07. The van der Waals surface area contributed by atoms with Crippen LogP contribution in [0.15, 0.2) is 100 Å². The Labute approximate surface area is 251 Å². The quantitative estimate of drug-likeness (QED) is 0.257. The van der Waals surface area contributed by atoms with Crippen molar-refractivity contribution < 1.29 is 14.3 Å². The summed E-state index contributed by atoms with van der Waals surface area (Å²) in [5.74, 6) is 0.169. The molecule has 6 rings (SSSR count). The molecule has 0 unspecified atom stereocenters. The van der Waals surface area contributed by atoms with E-state index in [0.29, 0.717) is 38.5 Å². The van der Waals surface area contributed by atoms with Gasteiger partial charge in [0.25, 0.3) is 5.56 Å². The molecular weight excluding hydrogens is 560 g/mol. The number of rotatable bonds is 7. The number of nitrogens with zero attached hydrogens (tertiary/aromatic N) is 4. The highest BCUT2D eigenvalue weighted by atomic mass is 32.1. The topological polar surface area (TPSA) is 98.6 Å². The molecule has 0 radical (unpaired) electrons. The summed E-state index contributed by atoms with van der Waals surface area (Å²) >= 11 is 1.29. The van der Waals surface area contributed by atoms with Crippen LogP contribution in [0.1, 0.15) is 42.1 Å². The Balaban J connectivity index is 1.51. The molecule has 43 heavy (non-hydrogen) atoms. The predicted molar refractivity (Wildman–Crippen MR) is 166 cm³/mol. The fourth-order valence-corrected chi connectivity index (χ4v) is 6.54. The molecule has 0 spiro atoms. The first-order valence-corrected chi connectivity index (χ1v) is 14.6. The molecule has 0 amide bonds. The van der Waals surface area contributed by atoms with E-state index in [2.05, 4.69) is 15.6 Å². The van der Waals surface area contributed by atoms with Crippen LogP contribution in [-0.2, 0) is 16.1 Å². The number of ether oxygens (including phenoxy) is 2. The number of carbonyl (C=O) groups excluding carboxylic acids is 1. The zero-order valence-electron chi connectivity index (χ0n) is 23.9. The Kier molecular flexibility index (Phi) is 7.53. The van der Waals surface area contributed by atoms with Crippen molar-refractivity contribution in [3.63, 3.8) is 0 Å². The molecule has 2 aromatic heterocycles. The third-order valence-electron chi connectivity index (χ3n) is 7.53. The van der Waals surface area contributed by atoms with Crippen LogP contribution in [-0.4, -0.2) is 28.8 Å². The lowest BCUT2D eigenvalue weighted by Gasteiger charge is -2.24. The van der Waals surface area contributed by atoms with Crippen LogP contribution in [0.4, 0.5) is 0 Å². The van der Waals surface area contributed by atoms with Crippen LogP contribution < -0.4 is 19.6 Å². The van der Waals surface area contributed by atoms with Gasteiger partial charge in [0, 0.05) is 29.2 Å². The molecule has 3 heterocycles. The fraction of sp³-hybridized carbons (Fsp3) is 0.176. The number of thiazole rings is 1. The lowest BCUT2D eigenvalue weighted by Crippen LogP contribution is -2.39. The van der Waals surface area contributed by atoms with E-state index < -0.39 is 12.0 Å². The van der Waals surface area contributed by atoms with Crippen molar-refractivity contribution in [1.29, 1.82) is 5.26 Å². The maximum absolute atomic E-state index is 14.1. The van der Waals surface area contributed by atoms with Gasteiger partial charge in [0.15, 0.2) is 4.80 Å². The SMILES string of the molecule is CCOC(=O)C1=C(C)N=c2s/c(=C\c3cn(Cc4ccccc4C#N)c4ccccc34)c(=O)n2[C@@H]1c1ccc(OC)cc1. The van der Waals surface area contributed by atoms with Gasteiger partial charge in [0.1, 0.15) is 5.75 Å². The average Bonchev–Trinajstić information content (AvgIpc) is 3.53. The number of fused-ring (bicyclic) bond motifs is 2. The van der Waals surface area contributed by atoms with E-state index >= 15 is 0 Å². The van der Waals surface area contributed by atoms with Crippen LogP contribution in [0.3, 0.4) is 0 Å². The van der Waals surface area contributed by atoms with Crippen molar-refractivity contribution in [1.82, 2.24) is 9.13 Å². The van der Waals surface area contributed by atoms with Gasteiger partial charge in [0.2, 0.25) is 0 Å². The van der Waals surface area contributed by atoms with Gasteiger partial charge in [-0.05, 0) is 55.3 Å². The summed E-state index contributed by atoms with van der Waals surface area (Å²) in [6.07, 6.45) is 3.89. The molecule has 5 aromatic rings. The number of benzene rings is 3. The van der Waals surface area contributed by atoms with Gasteiger partial charge >= 0.3 is 5.97 Å². The summed E-state index contributed by atoms with van der Waals surface area (Å²) in [6, 6.07) is 24.4. The molecule has 214 valence electrons. The molecule has 0 fully saturated rings. The molecule has 3 aromatic carbocycles. The number of esters is 1. The van der Waals surface area contributed by atoms with E-state index in [0.717, 1.165) is 27.6 Å². The zero-order chi connectivity index (χ0) is 30.1. The Bertz CT molecular complexity index is 2130. The van der Waals surface area contributed by atoms with E-state index in [-0.39, 0.29) is 12.2 Å². The summed E-state index contributed by atoms with van der Waals surface area (Å²) in [7, 11) is 1.59. The summed E-state index contributed by atoms with van der Waals surface area (Å²) in [5, 5.41) is 10.6. The molecule has 1 atom stereocenters. The molecule has 9 heteroatoms. The van der Waals surface area contributed by atoms with Gasteiger partial charge in [-0.1, -0.05) is 59.9 Å². The molecule has 0 aliphatic carbocycles. The number of hydrogen-bond acceptors (Lipinski definition) is 7. The van der Waals surface area contributed by atoms with Crippen LogP contribution >= 0.6 is 11.3 Å². The van der Waals surface area contributed by atoms with Crippen molar-refractivity contribution in [2.45, 2.75) is 26.4 Å². The van der Waals surface area contributed by atoms with Crippen LogP contribution in [0, 0.1) is 11.3 Å². The lowest BCUT2D eigenvalue weighted by atomic mass is 9.96. The number of carbonyl (C=O) groups is 1. The Morgan fingerprint density at radius 1 is 1.09 bits per heavy atom. The second kappa shape index (κ2) is 11.6. The number of nitriles is 1. The average molecular weight is 589 g/mol. The molecule has 1 aliphatic rings. The molecule has 0 N–H and O–H groups in total. The minimum Gasteiger partial charge on any atom is -0.497 e. The van der Waals surface area contributed by atoms with E-state index in [4.69, 9.17) is 9.47 Å². The van der Waals surface area contributed by atoms with Crippen LogP contribution in [0.25, 0.3) is 17.0 Å². The maximum Gasteiger partial charge on any atom is 0.338 e. The molecular formula is C34H28N4O4S. The van der Waals surface area contributed by atoms with E-state index in [1.807, 2.05) is 85.1 Å². The van der Waals surface area contributed by atoms with E-state index in [1.54, 1.807) is 25.5 Å². The van der Waals surface area contributed by atoms with Gasteiger partial charge in [-0.3, -0.25) is 9.36 Å². The van der Waals surface area contributed by atoms with E-state index in [9.17, 15) is 14.9 Å². The molecule has 8 nitrogen and oxygen atoms in total. The summed E-state index contributed by atoms with van der Waals surface area (Å²) in [6.45, 7) is 4.24. The van der Waals surface area contributed by atoms with Gasteiger partial charge < -0.3 is 14.0 Å². The van der Waals surface area contributed by atoms with Gasteiger partial charge in [-0.15, -0.1) is 0 Å². The smallest absolute Gasteiger partial charge is 0.338 e. The molecule has 1 aliphatic heterocycles. The number of para-hydroxylation sites is 1.